The van der Waals surface area contributed by atoms with Gasteiger partial charge in [0, 0.05) is 12.5 Å². The summed E-state index contributed by atoms with van der Waals surface area (Å²) in [6.07, 6.45) is 9.76. The molecular formula is C16H27N3. The van der Waals surface area contributed by atoms with Crippen molar-refractivity contribution in [1.82, 2.24) is 9.55 Å². The van der Waals surface area contributed by atoms with Gasteiger partial charge in [-0.15, -0.1) is 6.58 Å². The summed E-state index contributed by atoms with van der Waals surface area (Å²) >= 11 is 0. The topological polar surface area (TPSA) is 43.8 Å². The third-order valence-corrected chi connectivity index (χ3v) is 4.15. The second kappa shape index (κ2) is 6.27. The van der Waals surface area contributed by atoms with E-state index < -0.39 is 0 Å². The average Bonchev–Trinajstić information content (AvgIpc) is 2.70. The summed E-state index contributed by atoms with van der Waals surface area (Å²) in [6.45, 7) is 8.92. The molecule has 1 heterocycles. The van der Waals surface area contributed by atoms with Crippen LogP contribution in [0.1, 0.15) is 63.4 Å². The third kappa shape index (κ3) is 3.20. The van der Waals surface area contributed by atoms with Gasteiger partial charge in [0.1, 0.15) is 11.6 Å². The summed E-state index contributed by atoms with van der Waals surface area (Å²) in [5, 5.41) is 0. The molecule has 1 aliphatic rings. The molecule has 0 atom stereocenters. The second-order valence-corrected chi connectivity index (χ2v) is 6.06. The Kier molecular flexibility index (Phi) is 4.67. The van der Waals surface area contributed by atoms with Gasteiger partial charge in [-0.3, -0.25) is 0 Å². The van der Waals surface area contributed by atoms with Crippen molar-refractivity contribution in [2.75, 3.05) is 5.73 Å². The lowest BCUT2D eigenvalue weighted by molar-refractivity contribution is 0.355. The van der Waals surface area contributed by atoms with Gasteiger partial charge in [-0.05, 0) is 12.3 Å². The van der Waals surface area contributed by atoms with Crippen LogP contribution in [-0.4, -0.2) is 9.55 Å². The molecule has 19 heavy (non-hydrogen) atoms. The molecule has 0 saturated heterocycles. The van der Waals surface area contributed by atoms with E-state index in [0.29, 0.717) is 5.92 Å². The van der Waals surface area contributed by atoms with Gasteiger partial charge in [0.05, 0.1) is 5.69 Å². The summed E-state index contributed by atoms with van der Waals surface area (Å²) in [6, 6.07) is 0. The molecule has 0 bridgehead atoms. The van der Waals surface area contributed by atoms with Crippen molar-refractivity contribution in [2.45, 2.75) is 64.8 Å². The van der Waals surface area contributed by atoms with Crippen LogP contribution in [0.2, 0.25) is 0 Å². The SMILES string of the molecule is C=CCn1c(C(C)C)nc(CC2CCCCC2)c1N. The van der Waals surface area contributed by atoms with Crippen LogP contribution in [0.3, 0.4) is 0 Å². The molecule has 3 nitrogen and oxygen atoms in total. The Hall–Kier alpha value is -1.25. The molecule has 0 aromatic carbocycles. The predicted molar refractivity (Wildman–Crippen MR) is 81.2 cm³/mol. The zero-order chi connectivity index (χ0) is 13.8. The summed E-state index contributed by atoms with van der Waals surface area (Å²) in [7, 11) is 0. The van der Waals surface area contributed by atoms with Crippen LogP contribution < -0.4 is 5.73 Å². The number of anilines is 1. The molecule has 0 aliphatic heterocycles. The number of nitrogen functional groups attached to an aromatic ring is 1. The maximum absolute atomic E-state index is 6.30. The zero-order valence-corrected chi connectivity index (χ0v) is 12.4. The summed E-state index contributed by atoms with van der Waals surface area (Å²) in [4.78, 5) is 4.81. The van der Waals surface area contributed by atoms with Gasteiger partial charge in [0.2, 0.25) is 0 Å². The molecular weight excluding hydrogens is 234 g/mol. The highest BCUT2D eigenvalue weighted by Gasteiger charge is 2.20. The first kappa shape index (κ1) is 14.2. The van der Waals surface area contributed by atoms with E-state index >= 15 is 0 Å². The van der Waals surface area contributed by atoms with Crippen molar-refractivity contribution in [3.8, 4) is 0 Å². The average molecular weight is 261 g/mol. The van der Waals surface area contributed by atoms with Crippen molar-refractivity contribution in [2.24, 2.45) is 5.92 Å². The Morgan fingerprint density at radius 2 is 2.05 bits per heavy atom. The molecule has 1 fully saturated rings. The Balaban J connectivity index is 2.19. The standard InChI is InChI=1S/C16H27N3/c1-4-10-19-15(17)14(18-16(19)12(2)3)11-13-8-6-5-7-9-13/h4,12-13H,1,5-11,17H2,2-3H3. The molecule has 106 valence electrons. The van der Waals surface area contributed by atoms with E-state index in [1.54, 1.807) is 0 Å². The zero-order valence-electron chi connectivity index (χ0n) is 12.4. The van der Waals surface area contributed by atoms with Gasteiger partial charge in [0.25, 0.3) is 0 Å². The summed E-state index contributed by atoms with van der Waals surface area (Å²) in [5.74, 6) is 3.14. The molecule has 3 heteroatoms. The normalized spacial score (nSPS) is 17.0. The van der Waals surface area contributed by atoms with Crippen LogP contribution in [0.25, 0.3) is 0 Å². The molecule has 1 aromatic rings. The second-order valence-electron chi connectivity index (χ2n) is 6.06. The number of nitrogens with two attached hydrogens (primary N) is 1. The molecule has 0 unspecified atom stereocenters. The molecule has 1 aliphatic carbocycles. The lowest BCUT2D eigenvalue weighted by Gasteiger charge is -2.20. The maximum Gasteiger partial charge on any atom is 0.127 e. The van der Waals surface area contributed by atoms with Crippen LogP contribution in [-0.2, 0) is 13.0 Å². The minimum Gasteiger partial charge on any atom is -0.384 e. The number of rotatable bonds is 5. The molecule has 1 saturated carbocycles. The fourth-order valence-corrected chi connectivity index (χ4v) is 3.11. The van der Waals surface area contributed by atoms with E-state index in [4.69, 9.17) is 10.7 Å². The molecule has 2 rings (SSSR count). The Labute approximate surface area is 116 Å². The largest absolute Gasteiger partial charge is 0.384 e. The van der Waals surface area contributed by atoms with E-state index in [1.165, 1.54) is 32.1 Å². The van der Waals surface area contributed by atoms with Gasteiger partial charge in [0.15, 0.2) is 0 Å². The first-order chi connectivity index (χ1) is 9.13. The van der Waals surface area contributed by atoms with Crippen LogP contribution in [0.4, 0.5) is 5.82 Å². The Bertz CT molecular complexity index is 425. The molecule has 0 amide bonds. The van der Waals surface area contributed by atoms with Crippen LogP contribution in [0.15, 0.2) is 12.7 Å². The van der Waals surface area contributed by atoms with E-state index in [0.717, 1.165) is 36.2 Å². The monoisotopic (exact) mass is 261 g/mol. The number of imidazole rings is 1. The lowest BCUT2D eigenvalue weighted by atomic mass is 9.86. The van der Waals surface area contributed by atoms with Gasteiger partial charge in [-0.25, -0.2) is 4.98 Å². The van der Waals surface area contributed by atoms with E-state index in [9.17, 15) is 0 Å². The molecule has 0 radical (unpaired) electrons. The Morgan fingerprint density at radius 1 is 1.37 bits per heavy atom. The highest BCUT2D eigenvalue weighted by atomic mass is 15.1. The van der Waals surface area contributed by atoms with Crippen molar-refractivity contribution >= 4 is 5.82 Å². The van der Waals surface area contributed by atoms with E-state index in [-0.39, 0.29) is 0 Å². The summed E-state index contributed by atoms with van der Waals surface area (Å²) in [5.41, 5.74) is 7.41. The van der Waals surface area contributed by atoms with Crippen molar-refractivity contribution < 1.29 is 0 Å². The van der Waals surface area contributed by atoms with E-state index in [1.807, 2.05) is 6.08 Å². The van der Waals surface area contributed by atoms with Crippen molar-refractivity contribution in [1.29, 1.82) is 0 Å². The third-order valence-electron chi connectivity index (χ3n) is 4.15. The minimum atomic E-state index is 0.405. The fourth-order valence-electron chi connectivity index (χ4n) is 3.11. The van der Waals surface area contributed by atoms with Crippen molar-refractivity contribution in [3.05, 3.63) is 24.2 Å². The highest BCUT2D eigenvalue weighted by Crippen LogP contribution is 2.30. The van der Waals surface area contributed by atoms with Gasteiger partial charge < -0.3 is 10.3 Å². The number of nitrogens with zero attached hydrogens (tertiary/aromatic N) is 2. The number of hydrogen-bond donors (Lipinski definition) is 1. The quantitative estimate of drug-likeness (QED) is 0.817. The van der Waals surface area contributed by atoms with Gasteiger partial charge >= 0.3 is 0 Å². The van der Waals surface area contributed by atoms with E-state index in [2.05, 4.69) is 25.0 Å². The van der Waals surface area contributed by atoms with Gasteiger partial charge in [-0.1, -0.05) is 52.0 Å². The van der Waals surface area contributed by atoms with Crippen LogP contribution in [0, 0.1) is 5.92 Å². The first-order valence-electron chi connectivity index (χ1n) is 7.59. The molecule has 2 N–H and O–H groups in total. The number of allylic oxidation sites excluding steroid dienone is 1. The molecule has 1 aromatic heterocycles. The van der Waals surface area contributed by atoms with Gasteiger partial charge in [-0.2, -0.15) is 0 Å². The predicted octanol–water partition coefficient (Wildman–Crippen LogP) is 3.90. The smallest absolute Gasteiger partial charge is 0.127 e. The fraction of sp³-hybridized carbons (Fsp3) is 0.688. The molecule has 0 spiro atoms. The summed E-state index contributed by atoms with van der Waals surface area (Å²) < 4.78 is 2.12. The first-order valence-corrected chi connectivity index (χ1v) is 7.59. The minimum absolute atomic E-state index is 0.405. The highest BCUT2D eigenvalue weighted by molar-refractivity contribution is 5.39. The van der Waals surface area contributed by atoms with Crippen LogP contribution >= 0.6 is 0 Å². The van der Waals surface area contributed by atoms with Crippen molar-refractivity contribution in [3.63, 3.8) is 0 Å². The van der Waals surface area contributed by atoms with Crippen LogP contribution in [0.5, 0.6) is 0 Å². The Morgan fingerprint density at radius 3 is 2.63 bits per heavy atom. The number of aromatic nitrogens is 2. The lowest BCUT2D eigenvalue weighted by Crippen LogP contribution is -2.11. The number of hydrogen-bond acceptors (Lipinski definition) is 2. The maximum atomic E-state index is 6.30.